The third-order valence-electron chi connectivity index (χ3n) is 7.90. The molecule has 4 heterocycles. The summed E-state index contributed by atoms with van der Waals surface area (Å²) in [7, 11) is 21.9. The topological polar surface area (TPSA) is 270 Å². The Morgan fingerprint density at radius 3 is 1.65 bits per heavy atom. The van der Waals surface area contributed by atoms with Gasteiger partial charge in [-0.1, -0.05) is 43.3 Å². The Balaban J connectivity index is -0.000000384. The van der Waals surface area contributed by atoms with Crippen LogP contribution in [-0.2, 0) is 32.2 Å². The van der Waals surface area contributed by atoms with E-state index in [4.69, 9.17) is 0 Å². The Morgan fingerprint density at radius 2 is 1.29 bits per heavy atom. The minimum atomic E-state index is -4.33. The number of hydrazine groups is 1. The number of nitrogens with zero attached hydrogens (tertiary/aromatic N) is 8. The maximum Gasteiger partial charge on any atom is 0.409 e. The quantitative estimate of drug-likeness (QED) is 0.0456. The number of alkyl halides is 3. The summed E-state index contributed by atoms with van der Waals surface area (Å²) in [4.78, 5) is 60.7. The van der Waals surface area contributed by atoms with E-state index >= 15 is 0 Å². The molecule has 3 amide bonds. The second-order valence-electron chi connectivity index (χ2n) is 13.8. The Labute approximate surface area is 442 Å². The first-order chi connectivity index (χ1) is 36.0. The van der Waals surface area contributed by atoms with Gasteiger partial charge in [0.2, 0.25) is 11.9 Å². The number of aliphatic imine (C=N–C) groups is 2. The third kappa shape index (κ3) is 52.8. The largest absolute Gasteiger partial charge is 0.453 e. The smallest absolute Gasteiger partial charge is 0.409 e. The molecular weight excluding hydrogens is 980 g/mol. The van der Waals surface area contributed by atoms with Crippen molar-refractivity contribution in [3.05, 3.63) is 121 Å². The summed E-state index contributed by atoms with van der Waals surface area (Å²) < 4.78 is 43.0. The van der Waals surface area contributed by atoms with Crippen molar-refractivity contribution in [2.24, 2.45) is 9.98 Å². The van der Waals surface area contributed by atoms with Crippen LogP contribution in [0, 0.1) is 0 Å². The lowest BCUT2D eigenvalue weighted by atomic mass is 10.3. The number of halogens is 3. The molecule has 9 N–H and O–H groups in total. The zero-order chi connectivity index (χ0) is 57.4. The van der Waals surface area contributed by atoms with E-state index in [2.05, 4.69) is 112 Å². The van der Waals surface area contributed by atoms with Crippen LogP contribution in [0.4, 0.5) is 34.4 Å². The number of aromatic nitrogens is 4. The highest BCUT2D eigenvalue weighted by Gasteiger charge is 2.27. The lowest BCUT2D eigenvalue weighted by Gasteiger charge is -2.16. The molecule has 4 aromatic rings. The van der Waals surface area contributed by atoms with Crippen LogP contribution in [0.3, 0.4) is 0 Å². The van der Waals surface area contributed by atoms with E-state index in [-0.39, 0.29) is 12.6 Å². The maximum atomic E-state index is 11.4. The van der Waals surface area contributed by atoms with Gasteiger partial charge in [0.05, 0.1) is 57.2 Å². The fourth-order valence-corrected chi connectivity index (χ4v) is 4.19. The molecule has 0 saturated carbocycles. The molecule has 0 unspecified atom stereocenters. The number of hydrogen-bond donors (Lipinski definition) is 9. The summed E-state index contributed by atoms with van der Waals surface area (Å²) in [6, 6.07) is 23.4. The van der Waals surface area contributed by atoms with Gasteiger partial charge in [-0.3, -0.25) is 35.1 Å². The molecule has 3 aromatic heterocycles. The predicted octanol–water partition coefficient (Wildman–Crippen LogP) is 4.30. The average molecular weight is 1060 g/mol. The fourth-order valence-electron chi connectivity index (χ4n) is 4.19. The van der Waals surface area contributed by atoms with Crippen LogP contribution in [0.25, 0.3) is 0 Å². The van der Waals surface area contributed by atoms with Gasteiger partial charge >= 0.3 is 18.4 Å². The second-order valence-corrected chi connectivity index (χ2v) is 13.8. The number of alkyl carbamates (subject to hydrolysis) is 1. The number of allylic oxidation sites excluding steroid dienone is 1. The van der Waals surface area contributed by atoms with E-state index < -0.39 is 24.7 Å². The molecule has 0 spiro atoms. The standard InChI is InChI=1S/C9H12N2O2.C8H12N2.C7H10N2.C6H10N2.C5H9F3N2O.C5H7N3.C3H8N2O.C3H7NO2.C3H9N/c1-11(9(12)13-2)7-8-5-3-4-6-10-8;1-9-10(2)8-6-4-3-5-7-8;1-8-6-7-4-2-3-5-9-7;1-7-5-6-3-2-4-8-6;1-9-2-4(11)10-3-5(6,7)8;1-6-5-7-3-2-4-8-5;1-4-3-5-6-2;1-4-3(5)6-2;1-3-4-2/h3-6H,7H2,1-2H3;3-7,9H,1-2H3;2-5,8H,6H2,1H3;3-4,7H,2,5H2,1H3;9H,2-3H2,1H3,(H,10,11);2-4H,1H3,(H,6,7,8);3H,1-2H3,(H,4,5);1-2H3,(H,4,5);4H,3H2,1-2H3. The van der Waals surface area contributed by atoms with E-state index in [1.165, 1.54) is 52.4 Å². The van der Waals surface area contributed by atoms with Gasteiger partial charge in [0.1, 0.15) is 12.9 Å². The summed E-state index contributed by atoms with van der Waals surface area (Å²) in [5.74, 6) is -0.00248. The van der Waals surface area contributed by atoms with Crippen molar-refractivity contribution in [1.82, 2.24) is 67.6 Å². The maximum absolute atomic E-state index is 11.4. The van der Waals surface area contributed by atoms with Crippen molar-refractivity contribution in [2.75, 3.05) is 128 Å². The minimum absolute atomic E-state index is 0.101. The molecule has 0 aliphatic carbocycles. The molecule has 23 nitrogen and oxygen atoms in total. The molecule has 75 heavy (non-hydrogen) atoms. The summed E-state index contributed by atoms with van der Waals surface area (Å²) >= 11 is 0. The van der Waals surface area contributed by atoms with Crippen molar-refractivity contribution < 1.29 is 41.9 Å². The van der Waals surface area contributed by atoms with Gasteiger partial charge in [0.15, 0.2) is 0 Å². The zero-order valence-electron chi connectivity index (χ0n) is 46.1. The second kappa shape index (κ2) is 54.4. The number of hydroxylamine groups is 1. The monoisotopic (exact) mass is 1060 g/mol. The van der Waals surface area contributed by atoms with Crippen molar-refractivity contribution >= 4 is 42.3 Å². The molecule has 422 valence electrons. The molecule has 0 saturated heterocycles. The van der Waals surface area contributed by atoms with Crippen LogP contribution in [0.15, 0.2) is 119 Å². The third-order valence-corrected chi connectivity index (χ3v) is 7.90. The van der Waals surface area contributed by atoms with Crippen LogP contribution < -0.4 is 53.1 Å². The normalized spacial score (nSPS) is 10.1. The van der Waals surface area contributed by atoms with E-state index in [9.17, 15) is 27.6 Å². The number of amides is 3. The van der Waals surface area contributed by atoms with Crippen LogP contribution in [-0.4, -0.2) is 180 Å². The average Bonchev–Trinajstić information content (AvgIpc) is 3.97. The van der Waals surface area contributed by atoms with Gasteiger partial charge in [-0.2, -0.15) is 13.2 Å². The van der Waals surface area contributed by atoms with Gasteiger partial charge in [-0.05, 0) is 77.2 Å². The first-order valence-electron chi connectivity index (χ1n) is 23.1. The Bertz CT molecular complexity index is 1970. The molecule has 0 atom stereocenters. The number of hydrogen-bond acceptors (Lipinski definition) is 19. The fraction of sp³-hybridized carbons (Fsp3) is 0.449. The summed E-state index contributed by atoms with van der Waals surface area (Å²) in [5.41, 5.74) is 9.68. The van der Waals surface area contributed by atoms with Crippen LogP contribution >= 0.6 is 0 Å². The molecule has 0 fully saturated rings. The number of carbonyl (C=O) groups excluding carboxylic acids is 3. The molecular formula is C49H84F3N17O6. The lowest BCUT2D eigenvalue weighted by molar-refractivity contribution is -0.137. The predicted molar refractivity (Wildman–Crippen MR) is 294 cm³/mol. The number of likely N-dealkylation sites (N-methyl/N-ethyl adjacent to an activating group) is 2. The number of ether oxygens (including phenoxy) is 2. The summed E-state index contributed by atoms with van der Waals surface area (Å²) in [5, 5.41) is 20.1. The molecule has 5 rings (SSSR count). The Morgan fingerprint density at radius 1 is 0.733 bits per heavy atom. The van der Waals surface area contributed by atoms with E-state index in [1.807, 2.05) is 101 Å². The summed E-state index contributed by atoms with van der Waals surface area (Å²) in [6.07, 6.45) is 8.30. The van der Waals surface area contributed by atoms with Crippen LogP contribution in [0.5, 0.6) is 0 Å². The molecule has 1 aliphatic rings. The van der Waals surface area contributed by atoms with Crippen molar-refractivity contribution in [3.63, 3.8) is 0 Å². The van der Waals surface area contributed by atoms with E-state index in [0.29, 0.717) is 12.5 Å². The van der Waals surface area contributed by atoms with Gasteiger partial charge < -0.3 is 56.6 Å². The number of para-hydroxylation sites is 1. The Hall–Kier alpha value is -7.36. The Kier molecular flexibility index (Phi) is 53.8. The highest BCUT2D eigenvalue weighted by Crippen LogP contribution is 2.12. The van der Waals surface area contributed by atoms with Crippen LogP contribution in [0.1, 0.15) is 24.7 Å². The van der Waals surface area contributed by atoms with E-state index in [1.54, 1.807) is 57.3 Å². The van der Waals surface area contributed by atoms with Crippen molar-refractivity contribution in [3.8, 4) is 0 Å². The van der Waals surface area contributed by atoms with E-state index in [0.717, 1.165) is 43.1 Å². The van der Waals surface area contributed by atoms with Gasteiger partial charge in [0.25, 0.3) is 0 Å². The van der Waals surface area contributed by atoms with Gasteiger partial charge in [-0.15, -0.1) is 0 Å². The highest BCUT2D eigenvalue weighted by molar-refractivity contribution is 5.77. The van der Waals surface area contributed by atoms with Crippen molar-refractivity contribution in [1.29, 1.82) is 0 Å². The zero-order valence-corrected chi connectivity index (χ0v) is 46.1. The number of rotatable bonds is 15. The highest BCUT2D eigenvalue weighted by atomic mass is 19.4. The lowest BCUT2D eigenvalue weighted by Crippen LogP contribution is -2.38. The first kappa shape index (κ1) is 74.2. The molecule has 1 aromatic carbocycles. The first-order valence-corrected chi connectivity index (χ1v) is 23.1. The van der Waals surface area contributed by atoms with Gasteiger partial charge in [-0.25, -0.2) is 25.0 Å². The molecule has 0 bridgehead atoms. The van der Waals surface area contributed by atoms with Gasteiger partial charge in [0, 0.05) is 92.8 Å². The number of methoxy groups -OCH3 is 2. The number of pyridine rings is 2. The SMILES string of the molecule is CCNC.CN=CNOC.CNC(=O)OC.CNCC(=O)NCC(F)(F)F.CNCC1=CCC=N1.CNCc1ccccn1.CNN(C)c1ccccc1.CNc1ncccn1.COC(=O)N(C)Cc1ccccn1. The molecule has 1 aliphatic heterocycles. The minimum Gasteiger partial charge on any atom is -0.453 e. The molecule has 0 radical (unpaired) electrons. The number of nitrogens with one attached hydrogen (secondary N) is 9. The number of benzene rings is 1. The van der Waals surface area contributed by atoms with Crippen LogP contribution in [0.2, 0.25) is 0 Å². The van der Waals surface area contributed by atoms with Crippen molar-refractivity contribution in [2.45, 2.75) is 32.6 Å². The number of anilines is 2. The summed E-state index contributed by atoms with van der Waals surface area (Å²) in [6.45, 7) is 3.98. The number of carbonyl (C=O) groups is 3. The molecule has 26 heteroatoms.